The van der Waals surface area contributed by atoms with Crippen LogP contribution in [0, 0.1) is 0 Å². The fraction of sp³-hybridized carbons (Fsp3) is 0.583. The van der Waals surface area contributed by atoms with Crippen molar-refractivity contribution in [1.82, 2.24) is 30.4 Å². The number of ether oxygens (including phenoxy) is 3. The van der Waals surface area contributed by atoms with E-state index in [1.165, 1.54) is 23.4 Å². The third kappa shape index (κ3) is 5.88. The van der Waals surface area contributed by atoms with E-state index in [0.29, 0.717) is 37.6 Å². The average Bonchev–Trinajstić information content (AvgIpc) is 3.45. The van der Waals surface area contributed by atoms with Crippen LogP contribution in [-0.2, 0) is 14.3 Å². The van der Waals surface area contributed by atoms with Crippen molar-refractivity contribution in [1.29, 1.82) is 0 Å². The van der Waals surface area contributed by atoms with Crippen LogP contribution in [0.5, 0.6) is 5.88 Å². The van der Waals surface area contributed by atoms with Gasteiger partial charge < -0.3 is 29.7 Å². The molecule has 0 aromatic carbocycles. The fourth-order valence-electron chi connectivity index (χ4n) is 4.79. The minimum Gasteiger partial charge on any atom is -0.474 e. The van der Waals surface area contributed by atoms with Crippen LogP contribution in [0.1, 0.15) is 27.2 Å². The molecule has 2 fully saturated rings. The molecule has 39 heavy (non-hydrogen) atoms. The molecule has 212 valence electrons. The van der Waals surface area contributed by atoms with Gasteiger partial charge in [-0.05, 0) is 33.3 Å². The van der Waals surface area contributed by atoms with Crippen molar-refractivity contribution in [2.24, 2.45) is 0 Å². The number of fused-ring (bicyclic) bond motifs is 3. The molecule has 1 aromatic heterocycles. The molecule has 15 heteroatoms. The van der Waals surface area contributed by atoms with Gasteiger partial charge >= 0.3 is 12.2 Å². The average molecular weight is 554 g/mol. The molecule has 4 atom stereocenters. The number of aromatic nitrogens is 2. The van der Waals surface area contributed by atoms with Gasteiger partial charge in [-0.2, -0.15) is 13.2 Å². The molecule has 12 nitrogen and oxygen atoms in total. The maximum absolute atomic E-state index is 13.4. The van der Waals surface area contributed by atoms with Crippen molar-refractivity contribution in [3.05, 3.63) is 36.1 Å². The maximum atomic E-state index is 13.4. The van der Waals surface area contributed by atoms with Crippen LogP contribution in [0.3, 0.4) is 0 Å². The molecule has 5 rings (SSSR count). The lowest BCUT2D eigenvalue weighted by atomic mass is 10.1. The number of hydrogen-bond donors (Lipinski definition) is 3. The molecular weight excluding hydrogens is 523 g/mol. The van der Waals surface area contributed by atoms with Crippen molar-refractivity contribution in [2.75, 3.05) is 31.6 Å². The Morgan fingerprint density at radius 3 is 2.77 bits per heavy atom. The van der Waals surface area contributed by atoms with Crippen LogP contribution in [0.2, 0.25) is 0 Å². The van der Waals surface area contributed by atoms with E-state index in [4.69, 9.17) is 14.2 Å². The Bertz CT molecular complexity index is 1170. The molecule has 5 heterocycles. The number of allylic oxidation sites excluding steroid dienone is 1. The van der Waals surface area contributed by atoms with Crippen molar-refractivity contribution in [3.63, 3.8) is 0 Å². The highest BCUT2D eigenvalue weighted by Crippen LogP contribution is 2.33. The normalized spacial score (nSPS) is 26.2. The summed E-state index contributed by atoms with van der Waals surface area (Å²) in [6.07, 6.45) is 1.73. The van der Waals surface area contributed by atoms with Crippen LogP contribution in [0.15, 0.2) is 36.1 Å². The largest absolute Gasteiger partial charge is 0.474 e. The van der Waals surface area contributed by atoms with Crippen molar-refractivity contribution in [2.45, 2.75) is 63.4 Å². The summed E-state index contributed by atoms with van der Waals surface area (Å²) in [5.74, 6) is -0.746. The highest BCUT2D eigenvalue weighted by molar-refractivity contribution is 5.91. The number of nitrogens with zero attached hydrogens (tertiary/aromatic N) is 4. The van der Waals surface area contributed by atoms with E-state index in [9.17, 15) is 22.8 Å². The predicted molar refractivity (Wildman–Crippen MR) is 130 cm³/mol. The van der Waals surface area contributed by atoms with Gasteiger partial charge in [-0.1, -0.05) is 6.08 Å². The highest BCUT2D eigenvalue weighted by Gasteiger charge is 2.44. The molecule has 1 unspecified atom stereocenters. The molecule has 3 N–H and O–H groups in total. The fourth-order valence-corrected chi connectivity index (χ4v) is 4.79. The SMILES string of the molecule is C[C@@H](NC(=O)C1C=CC2=C(N1)N(C(=O)Nc1cnc(OC[C@H]3COC(C)(C)O3)cn1)[C@H]1CCN2C1)C(F)(F)F. The zero-order valence-electron chi connectivity index (χ0n) is 21.6. The summed E-state index contributed by atoms with van der Waals surface area (Å²) in [7, 11) is 0. The topological polar surface area (TPSA) is 130 Å². The van der Waals surface area contributed by atoms with Crippen LogP contribution in [0.25, 0.3) is 0 Å². The molecule has 0 saturated carbocycles. The monoisotopic (exact) mass is 553 g/mol. The number of dihydropyridines is 1. The third-order valence-electron chi connectivity index (χ3n) is 6.79. The lowest BCUT2D eigenvalue weighted by Gasteiger charge is -2.41. The van der Waals surface area contributed by atoms with Crippen molar-refractivity contribution in [3.8, 4) is 5.88 Å². The first-order chi connectivity index (χ1) is 18.4. The summed E-state index contributed by atoms with van der Waals surface area (Å²) in [5, 5.41) is 7.62. The Labute approximate surface area is 222 Å². The Kier molecular flexibility index (Phi) is 7.05. The quantitative estimate of drug-likeness (QED) is 0.482. The standard InChI is InChI=1S/C24H30F3N7O5/c1-13(24(25,26)27)30-21(35)16-4-5-17-20(31-16)34(14-6-7-33(17)10-14)22(36)32-18-8-29-19(9-28-18)37-11-15-12-38-23(2,3)39-15/h4-5,8-9,13-16,31H,6-7,10-12H2,1-3H3,(H,30,35)(H,28,32,36)/t13-,14+,15+,16?/m1/s1. The van der Waals surface area contributed by atoms with Gasteiger partial charge in [0.05, 0.1) is 30.7 Å². The Balaban J connectivity index is 1.23. The second-order valence-electron chi connectivity index (χ2n) is 10.2. The summed E-state index contributed by atoms with van der Waals surface area (Å²) in [4.78, 5) is 37.8. The van der Waals surface area contributed by atoms with Gasteiger partial charge in [0, 0.05) is 13.1 Å². The van der Waals surface area contributed by atoms with Gasteiger partial charge in [0.15, 0.2) is 11.6 Å². The van der Waals surface area contributed by atoms with Gasteiger partial charge in [0.1, 0.15) is 30.6 Å². The first-order valence-electron chi connectivity index (χ1n) is 12.6. The van der Waals surface area contributed by atoms with Gasteiger partial charge in [0.2, 0.25) is 11.8 Å². The Morgan fingerprint density at radius 1 is 1.31 bits per heavy atom. The van der Waals surface area contributed by atoms with E-state index in [2.05, 4.69) is 25.5 Å². The van der Waals surface area contributed by atoms with Crippen LogP contribution in [-0.4, -0.2) is 94.2 Å². The summed E-state index contributed by atoms with van der Waals surface area (Å²) >= 11 is 0. The van der Waals surface area contributed by atoms with Gasteiger partial charge in [-0.25, -0.2) is 14.8 Å². The van der Waals surface area contributed by atoms with E-state index < -0.39 is 36.0 Å². The number of anilines is 1. The number of rotatable bonds is 6. The number of nitrogens with one attached hydrogen (secondary N) is 3. The van der Waals surface area contributed by atoms with Crippen LogP contribution >= 0.6 is 0 Å². The molecule has 3 amide bonds. The number of amides is 3. The minimum atomic E-state index is -4.57. The predicted octanol–water partition coefficient (Wildman–Crippen LogP) is 1.69. The number of carbonyl (C=O) groups is 2. The number of halogens is 3. The zero-order valence-corrected chi connectivity index (χ0v) is 21.6. The second kappa shape index (κ2) is 10.2. The summed E-state index contributed by atoms with van der Waals surface area (Å²) in [6.45, 7) is 6.41. The van der Waals surface area contributed by atoms with E-state index in [-0.39, 0.29) is 30.5 Å². The first-order valence-corrected chi connectivity index (χ1v) is 12.6. The third-order valence-corrected chi connectivity index (χ3v) is 6.79. The number of hydrogen-bond acceptors (Lipinski definition) is 9. The van der Waals surface area contributed by atoms with Gasteiger partial charge in [0.25, 0.3) is 0 Å². The molecule has 0 spiro atoms. The lowest BCUT2D eigenvalue weighted by Crippen LogP contribution is -2.57. The van der Waals surface area contributed by atoms with E-state index in [1.54, 1.807) is 6.08 Å². The Hall–Kier alpha value is -3.59. The molecule has 0 radical (unpaired) electrons. The second-order valence-corrected chi connectivity index (χ2v) is 10.2. The molecule has 2 bridgehead atoms. The van der Waals surface area contributed by atoms with Crippen molar-refractivity contribution < 1.29 is 37.0 Å². The maximum Gasteiger partial charge on any atom is 0.408 e. The molecule has 4 aliphatic heterocycles. The van der Waals surface area contributed by atoms with Crippen LogP contribution < -0.4 is 20.7 Å². The number of carbonyl (C=O) groups excluding carboxylic acids is 2. The van der Waals surface area contributed by atoms with Gasteiger partial charge in [-0.15, -0.1) is 0 Å². The molecule has 4 aliphatic rings. The van der Waals surface area contributed by atoms with Crippen molar-refractivity contribution >= 4 is 17.8 Å². The minimum absolute atomic E-state index is 0.177. The smallest absolute Gasteiger partial charge is 0.408 e. The van der Waals surface area contributed by atoms with Crippen LogP contribution in [0.4, 0.5) is 23.8 Å². The van der Waals surface area contributed by atoms with Gasteiger partial charge in [-0.3, -0.25) is 15.0 Å². The summed E-state index contributed by atoms with van der Waals surface area (Å²) in [5.41, 5.74) is 0.683. The lowest BCUT2D eigenvalue weighted by molar-refractivity contribution is -0.158. The zero-order chi connectivity index (χ0) is 27.9. The molecular formula is C24H30F3N7O5. The first kappa shape index (κ1) is 27.0. The van der Waals surface area contributed by atoms with E-state index in [0.717, 1.165) is 6.92 Å². The molecule has 2 saturated heterocycles. The molecule has 0 aliphatic carbocycles. The Morgan fingerprint density at radius 2 is 2.10 bits per heavy atom. The van der Waals surface area contributed by atoms with E-state index in [1.807, 2.05) is 19.2 Å². The number of alkyl halides is 3. The van der Waals surface area contributed by atoms with E-state index >= 15 is 0 Å². The highest BCUT2D eigenvalue weighted by atomic mass is 19.4. The summed E-state index contributed by atoms with van der Waals surface area (Å²) < 4.78 is 55.6. The number of urea groups is 1. The molecule has 1 aromatic rings. The summed E-state index contributed by atoms with van der Waals surface area (Å²) in [6, 6.07) is -3.81.